The van der Waals surface area contributed by atoms with Crippen LogP contribution in [0.1, 0.15) is 11.4 Å². The molecular weight excluding hydrogens is 268 g/mol. The van der Waals surface area contributed by atoms with Crippen molar-refractivity contribution in [1.82, 2.24) is 10.1 Å². The third kappa shape index (κ3) is 2.86. The van der Waals surface area contributed by atoms with Gasteiger partial charge in [-0.25, -0.2) is 0 Å². The first kappa shape index (κ1) is 13.2. The minimum atomic E-state index is 0.164. The summed E-state index contributed by atoms with van der Waals surface area (Å²) >= 11 is 0. The van der Waals surface area contributed by atoms with Crippen molar-refractivity contribution in [2.24, 2.45) is 0 Å². The summed E-state index contributed by atoms with van der Waals surface area (Å²) in [6, 6.07) is 14.4. The average Bonchev–Trinajstić information content (AvgIpc) is 2.96. The number of nitrogens with zero attached hydrogens (tertiary/aromatic N) is 2. The minimum absolute atomic E-state index is 0.164. The van der Waals surface area contributed by atoms with Crippen molar-refractivity contribution in [3.63, 3.8) is 0 Å². The van der Waals surface area contributed by atoms with E-state index in [1.54, 1.807) is 31.4 Å². The normalized spacial score (nSPS) is 10.5. The van der Waals surface area contributed by atoms with E-state index in [4.69, 9.17) is 9.26 Å². The van der Waals surface area contributed by atoms with E-state index in [0.29, 0.717) is 23.7 Å². The Labute approximate surface area is 121 Å². The van der Waals surface area contributed by atoms with Crippen LogP contribution in [-0.2, 0) is 6.42 Å². The summed E-state index contributed by atoms with van der Waals surface area (Å²) in [6.07, 6.45) is 0.520. The number of methoxy groups -OCH3 is 1. The van der Waals surface area contributed by atoms with Gasteiger partial charge in [-0.15, -0.1) is 0 Å². The summed E-state index contributed by atoms with van der Waals surface area (Å²) in [5, 5.41) is 13.4. The lowest BCUT2D eigenvalue weighted by molar-refractivity contribution is 0.408. The van der Waals surface area contributed by atoms with Gasteiger partial charge in [-0.05, 0) is 24.3 Å². The molecule has 2 aromatic carbocycles. The first-order valence-corrected chi connectivity index (χ1v) is 6.50. The molecule has 0 aliphatic carbocycles. The Morgan fingerprint density at radius 1 is 1.14 bits per heavy atom. The second kappa shape index (κ2) is 5.66. The average molecular weight is 282 g/mol. The molecule has 21 heavy (non-hydrogen) atoms. The van der Waals surface area contributed by atoms with Crippen molar-refractivity contribution in [3.05, 3.63) is 59.9 Å². The molecule has 3 aromatic rings. The number of para-hydroxylation sites is 1. The molecule has 0 saturated carbocycles. The summed E-state index contributed by atoms with van der Waals surface area (Å²) in [6.45, 7) is 0. The topological polar surface area (TPSA) is 68.4 Å². The van der Waals surface area contributed by atoms with E-state index in [9.17, 15) is 5.11 Å². The van der Waals surface area contributed by atoms with Crippen molar-refractivity contribution < 1.29 is 14.4 Å². The van der Waals surface area contributed by atoms with E-state index >= 15 is 0 Å². The van der Waals surface area contributed by atoms with Crippen molar-refractivity contribution in [2.45, 2.75) is 6.42 Å². The van der Waals surface area contributed by atoms with Gasteiger partial charge in [0.2, 0.25) is 0 Å². The third-order valence-corrected chi connectivity index (χ3v) is 3.10. The van der Waals surface area contributed by atoms with Gasteiger partial charge in [-0.3, -0.25) is 0 Å². The van der Waals surface area contributed by atoms with Gasteiger partial charge in [-0.1, -0.05) is 29.4 Å². The summed E-state index contributed by atoms with van der Waals surface area (Å²) in [5.41, 5.74) is 1.68. The van der Waals surface area contributed by atoms with Crippen LogP contribution >= 0.6 is 0 Å². The molecule has 0 unspecified atom stereocenters. The number of phenolic OH excluding ortho intramolecular Hbond substituents is 1. The monoisotopic (exact) mass is 282 g/mol. The number of benzene rings is 2. The maximum absolute atomic E-state index is 9.48. The zero-order valence-electron chi connectivity index (χ0n) is 11.5. The van der Waals surface area contributed by atoms with Crippen LogP contribution in [0.15, 0.2) is 53.1 Å². The summed E-state index contributed by atoms with van der Waals surface area (Å²) in [4.78, 5) is 4.35. The number of hydrogen-bond donors (Lipinski definition) is 1. The molecule has 3 rings (SSSR count). The quantitative estimate of drug-likeness (QED) is 0.796. The maximum Gasteiger partial charge on any atom is 0.258 e. The zero-order chi connectivity index (χ0) is 14.7. The number of ether oxygens (including phenoxy) is 1. The third-order valence-electron chi connectivity index (χ3n) is 3.10. The molecule has 1 heterocycles. The predicted molar refractivity (Wildman–Crippen MR) is 77.2 cm³/mol. The molecule has 5 nitrogen and oxygen atoms in total. The number of aromatic hydroxyl groups is 1. The minimum Gasteiger partial charge on any atom is -0.508 e. The van der Waals surface area contributed by atoms with E-state index in [-0.39, 0.29) is 5.75 Å². The van der Waals surface area contributed by atoms with Gasteiger partial charge in [0.1, 0.15) is 11.5 Å². The Kier molecular flexibility index (Phi) is 3.55. The first-order chi connectivity index (χ1) is 10.3. The summed E-state index contributed by atoms with van der Waals surface area (Å²) < 4.78 is 10.5. The lowest BCUT2D eigenvalue weighted by Crippen LogP contribution is -1.95. The highest BCUT2D eigenvalue weighted by Gasteiger charge is 2.11. The fourth-order valence-electron chi connectivity index (χ4n) is 2.10. The van der Waals surface area contributed by atoms with Crippen molar-refractivity contribution in [1.29, 1.82) is 0 Å². The van der Waals surface area contributed by atoms with Gasteiger partial charge in [0.05, 0.1) is 7.11 Å². The fraction of sp³-hybridized carbons (Fsp3) is 0.125. The van der Waals surface area contributed by atoms with Gasteiger partial charge < -0.3 is 14.4 Å². The zero-order valence-corrected chi connectivity index (χ0v) is 11.5. The summed E-state index contributed by atoms with van der Waals surface area (Å²) in [7, 11) is 1.63. The molecule has 0 atom stereocenters. The Hall–Kier alpha value is -2.82. The second-order valence-electron chi connectivity index (χ2n) is 4.55. The maximum atomic E-state index is 9.48. The van der Waals surface area contributed by atoms with E-state index in [2.05, 4.69) is 10.1 Å². The van der Waals surface area contributed by atoms with Crippen molar-refractivity contribution in [2.75, 3.05) is 7.11 Å². The molecule has 0 bridgehead atoms. The highest BCUT2D eigenvalue weighted by molar-refractivity contribution is 5.55. The lowest BCUT2D eigenvalue weighted by Gasteiger charge is -2.05. The molecule has 0 fully saturated rings. The lowest BCUT2D eigenvalue weighted by atomic mass is 10.1. The van der Waals surface area contributed by atoms with E-state index in [1.807, 2.05) is 24.3 Å². The van der Waals surface area contributed by atoms with E-state index in [1.165, 1.54) is 0 Å². The summed E-state index contributed by atoms with van der Waals surface area (Å²) in [5.74, 6) is 1.91. The van der Waals surface area contributed by atoms with Crippen molar-refractivity contribution >= 4 is 0 Å². The van der Waals surface area contributed by atoms with E-state index < -0.39 is 0 Å². The number of hydrogen-bond acceptors (Lipinski definition) is 5. The van der Waals surface area contributed by atoms with Crippen LogP contribution in [-0.4, -0.2) is 22.4 Å². The van der Waals surface area contributed by atoms with Crippen LogP contribution in [0.4, 0.5) is 0 Å². The molecule has 0 spiro atoms. The van der Waals surface area contributed by atoms with Crippen LogP contribution in [0.2, 0.25) is 0 Å². The van der Waals surface area contributed by atoms with Gasteiger partial charge in [0.15, 0.2) is 5.82 Å². The molecule has 0 radical (unpaired) electrons. The van der Waals surface area contributed by atoms with Gasteiger partial charge in [-0.2, -0.15) is 4.98 Å². The molecular formula is C16H14N2O3. The first-order valence-electron chi connectivity index (χ1n) is 6.50. The molecule has 0 saturated heterocycles. The van der Waals surface area contributed by atoms with Crippen LogP contribution < -0.4 is 4.74 Å². The smallest absolute Gasteiger partial charge is 0.258 e. The number of rotatable bonds is 4. The van der Waals surface area contributed by atoms with Crippen LogP contribution in [0.3, 0.4) is 0 Å². The van der Waals surface area contributed by atoms with Crippen LogP contribution in [0, 0.1) is 0 Å². The highest BCUT2D eigenvalue weighted by Crippen LogP contribution is 2.24. The SMILES string of the molecule is COc1ccccc1Cc1noc(-c2cccc(O)c2)n1. The Morgan fingerprint density at radius 2 is 2.00 bits per heavy atom. The van der Waals surface area contributed by atoms with Gasteiger partial charge in [0, 0.05) is 17.5 Å². The molecule has 5 heteroatoms. The standard InChI is InChI=1S/C16H14N2O3/c1-20-14-8-3-2-5-11(14)10-15-17-16(21-18-15)12-6-4-7-13(19)9-12/h2-9,19H,10H2,1H3. The predicted octanol–water partition coefficient (Wildman–Crippen LogP) is 3.04. The molecule has 0 aliphatic rings. The Bertz CT molecular complexity index is 753. The Balaban J connectivity index is 1.85. The Morgan fingerprint density at radius 3 is 2.81 bits per heavy atom. The number of phenols is 1. The molecule has 1 aromatic heterocycles. The van der Waals surface area contributed by atoms with E-state index in [0.717, 1.165) is 11.3 Å². The molecule has 0 amide bonds. The molecule has 106 valence electrons. The van der Waals surface area contributed by atoms with Crippen LogP contribution in [0.25, 0.3) is 11.5 Å². The fourth-order valence-corrected chi connectivity index (χ4v) is 2.10. The van der Waals surface area contributed by atoms with Crippen LogP contribution in [0.5, 0.6) is 11.5 Å². The largest absolute Gasteiger partial charge is 0.508 e. The second-order valence-corrected chi connectivity index (χ2v) is 4.55. The van der Waals surface area contributed by atoms with Gasteiger partial charge in [0.25, 0.3) is 5.89 Å². The van der Waals surface area contributed by atoms with Gasteiger partial charge >= 0.3 is 0 Å². The highest BCUT2D eigenvalue weighted by atomic mass is 16.5. The van der Waals surface area contributed by atoms with Crippen molar-refractivity contribution in [3.8, 4) is 23.0 Å². The molecule has 0 aliphatic heterocycles. The molecule has 1 N–H and O–H groups in total. The number of aromatic nitrogens is 2.